The van der Waals surface area contributed by atoms with Crippen LogP contribution >= 0.6 is 0 Å². The normalized spacial score (nSPS) is 12.2. The molecule has 2 aliphatic heterocycles. The summed E-state index contributed by atoms with van der Waals surface area (Å²) in [7, 11) is 0. The number of para-hydroxylation sites is 9. The summed E-state index contributed by atoms with van der Waals surface area (Å²) in [4.78, 5) is 33.9. The Labute approximate surface area is 789 Å². The van der Waals surface area contributed by atoms with Gasteiger partial charge in [0.15, 0.2) is 23.3 Å². The van der Waals surface area contributed by atoms with Gasteiger partial charge in [-0.05, 0) is 171 Å². The van der Waals surface area contributed by atoms with Crippen molar-refractivity contribution in [1.82, 2.24) is 57.3 Å². The van der Waals surface area contributed by atoms with Crippen LogP contribution in [-0.2, 0) is 0 Å². The van der Waals surface area contributed by atoms with E-state index in [1.165, 1.54) is 33.2 Å². The van der Waals surface area contributed by atoms with Crippen LogP contribution in [0.4, 0.5) is 0 Å². The van der Waals surface area contributed by atoms with Crippen LogP contribution in [0, 0.1) is 0 Å². The zero-order valence-corrected chi connectivity index (χ0v) is 74.1. The lowest BCUT2D eigenvalue weighted by atomic mass is 9.90. The molecule has 0 atom stereocenters. The summed E-state index contributed by atoms with van der Waals surface area (Å²) in [6, 6.07) is 163. The van der Waals surface area contributed by atoms with Crippen molar-refractivity contribution < 1.29 is 0 Å². The maximum absolute atomic E-state index is 5.83. The van der Waals surface area contributed by atoms with E-state index >= 15 is 0 Å². The Hall–Kier alpha value is -18.8. The van der Waals surface area contributed by atoms with Crippen molar-refractivity contribution in [1.29, 1.82) is 0 Å². The number of hydrogen-bond acceptors (Lipinski definition) is 6. The Balaban J connectivity index is 0.625. The molecule has 12 nitrogen and oxygen atoms in total. The maximum atomic E-state index is 5.83. The predicted octanol–water partition coefficient (Wildman–Crippen LogP) is 31.6. The highest BCUT2D eigenvalue weighted by Crippen LogP contribution is 2.53. The van der Waals surface area contributed by atoms with Crippen molar-refractivity contribution in [2.45, 2.75) is 0 Å². The van der Waals surface area contributed by atoms with Crippen LogP contribution in [0.3, 0.4) is 0 Å². The highest BCUT2D eigenvalue weighted by molar-refractivity contribution is 6.25. The molecule has 2 aliphatic rings. The molecule has 0 amide bonds. The van der Waals surface area contributed by atoms with Crippen LogP contribution in [0.2, 0.25) is 0 Å². The van der Waals surface area contributed by atoms with Crippen LogP contribution in [0.5, 0.6) is 0 Å². The number of benzene rings is 20. The molecule has 0 saturated heterocycles. The second-order valence-electron chi connectivity index (χ2n) is 36.4. The van der Waals surface area contributed by atoms with E-state index < -0.39 is 0 Å². The SMILES string of the molecule is c1ccc(-c2ccc(-c3nc(-c4ccc5c(c4)c4ccccc4n5-c4ccccc4)nc(-n4c5ccccc5c5cc6c(cc54)c4cccc5c4n6-c4ccccc4-c4ccc(-c6ccc7c8cc9c(cc8n(-c8nc(-c%10ccc(-c%11ccccc%11)cc%10)nc(-c%10ccc%11c%12ccccc%12n(-c%12ccccc%12)c%11c%10)n8)c7c6)c6cccc7c6n9-c6ccccc6-c6ccccc6-7)cc4-5)n3)cc2)cc1. The zero-order valence-electron chi connectivity index (χ0n) is 74.1. The number of rotatable bonds is 11. The van der Waals surface area contributed by atoms with Crippen molar-refractivity contribution >= 4 is 131 Å². The van der Waals surface area contributed by atoms with Gasteiger partial charge in [-0.3, -0.25) is 9.13 Å². The van der Waals surface area contributed by atoms with Crippen LogP contribution in [0.1, 0.15) is 0 Å². The highest BCUT2D eigenvalue weighted by atomic mass is 15.2. The summed E-state index contributed by atoms with van der Waals surface area (Å²) < 4.78 is 14.4. The first-order valence-corrected chi connectivity index (χ1v) is 47.0. The molecule has 0 bridgehead atoms. The van der Waals surface area contributed by atoms with Crippen LogP contribution < -0.4 is 0 Å². The first kappa shape index (κ1) is 75.8. The molecule has 0 spiro atoms. The topological polar surface area (TPSA) is 107 Å². The molecule has 638 valence electrons. The fraction of sp³-hybridized carbons (Fsp3) is 0. The van der Waals surface area contributed by atoms with Gasteiger partial charge in [-0.25, -0.2) is 9.97 Å². The van der Waals surface area contributed by atoms with Gasteiger partial charge in [0.05, 0.1) is 77.6 Å². The Kier molecular flexibility index (Phi) is 16.1. The molecule has 0 saturated carbocycles. The first-order chi connectivity index (χ1) is 68.4. The summed E-state index contributed by atoms with van der Waals surface area (Å²) >= 11 is 0. The molecule has 12 heteroatoms. The summed E-state index contributed by atoms with van der Waals surface area (Å²) in [5.74, 6) is 3.25. The standard InChI is InChI=1S/C126H74N12/c1-5-27-75(28-6-1)77-51-55-79(56-52-77)121-127-123(83-62-66-112-102(68-83)93-40-18-21-47-108(93)133(112)85-31-9-3-10-32-85)131-125(129-121)137-111-50-24-19-41-94(111)103-71-115-105(73-117(103)137)100-45-26-43-98-101-67-81(59-63-89(101)91-38-16-23-49-110(91)136(115)120(98)100)82-60-64-96-104-72-116-106(99-44-25-42-97-88-36-14-13-35-87(88)90-37-15-22-48-109(90)135(116)119(97)99)74-118(104)138(114(96)69-82)126-130-122(80-57-53-78(54-58-80)76-29-7-2-8-30-76)128-124(132-126)84-61-65-95-92-39-17-20-46-107(92)134(113(95)70-84)86-33-11-4-12-34-86/h1-74H. The van der Waals surface area contributed by atoms with Gasteiger partial charge < -0.3 is 18.3 Å². The molecule has 138 heavy (non-hydrogen) atoms. The quantitative estimate of drug-likeness (QED) is 0.128. The molecule has 0 fully saturated rings. The Bertz CT molecular complexity index is 10100. The van der Waals surface area contributed by atoms with Crippen LogP contribution in [-0.4, -0.2) is 57.3 Å². The number of nitrogens with zero attached hydrogens (tertiary/aromatic N) is 12. The molecule has 30 rings (SSSR count). The molecule has 28 aromatic rings. The third-order valence-electron chi connectivity index (χ3n) is 29.0. The highest BCUT2D eigenvalue weighted by Gasteiger charge is 2.32. The average molecular weight is 1760 g/mol. The van der Waals surface area contributed by atoms with Crippen molar-refractivity contribution in [3.05, 3.63) is 449 Å². The molecule has 20 aromatic carbocycles. The van der Waals surface area contributed by atoms with Crippen molar-refractivity contribution in [3.63, 3.8) is 0 Å². The summed E-state index contributed by atoms with van der Waals surface area (Å²) in [5.41, 5.74) is 36.5. The predicted molar refractivity (Wildman–Crippen MR) is 566 cm³/mol. The van der Waals surface area contributed by atoms with Gasteiger partial charge in [0.2, 0.25) is 11.9 Å². The summed E-state index contributed by atoms with van der Waals surface area (Å²) in [6.45, 7) is 0. The van der Waals surface area contributed by atoms with Gasteiger partial charge in [-0.15, -0.1) is 0 Å². The number of hydrogen-bond donors (Lipinski definition) is 0. The number of fused-ring (bicyclic) bond motifs is 28. The van der Waals surface area contributed by atoms with E-state index in [1.807, 2.05) is 0 Å². The number of aromatic nitrogens is 12. The van der Waals surface area contributed by atoms with Crippen LogP contribution in [0.25, 0.3) is 289 Å². The molecule has 0 radical (unpaired) electrons. The van der Waals surface area contributed by atoms with E-state index in [0.29, 0.717) is 35.2 Å². The van der Waals surface area contributed by atoms with Crippen molar-refractivity contribution in [2.75, 3.05) is 0 Å². The van der Waals surface area contributed by atoms with E-state index in [2.05, 4.69) is 476 Å². The lowest BCUT2D eigenvalue weighted by Gasteiger charge is -2.14. The minimum Gasteiger partial charge on any atom is -0.309 e. The van der Waals surface area contributed by atoms with E-state index in [4.69, 9.17) is 29.9 Å². The summed E-state index contributed by atoms with van der Waals surface area (Å²) in [6.07, 6.45) is 0. The molecule has 8 aromatic heterocycles. The molecule has 0 N–H and O–H groups in total. The molecule has 0 aliphatic carbocycles. The summed E-state index contributed by atoms with van der Waals surface area (Å²) in [5, 5.41) is 13.3. The van der Waals surface area contributed by atoms with Gasteiger partial charge in [-0.2, -0.15) is 19.9 Å². The van der Waals surface area contributed by atoms with Crippen LogP contribution in [0.15, 0.2) is 449 Å². The minimum absolute atomic E-state index is 0.494. The van der Waals surface area contributed by atoms with Crippen molar-refractivity contribution in [3.8, 4) is 158 Å². The third-order valence-corrected chi connectivity index (χ3v) is 29.0. The Morgan fingerprint density at radius 3 is 0.949 bits per heavy atom. The molecule has 10 heterocycles. The van der Waals surface area contributed by atoms with E-state index in [0.717, 1.165) is 221 Å². The van der Waals surface area contributed by atoms with E-state index in [1.54, 1.807) is 0 Å². The monoisotopic (exact) mass is 1750 g/mol. The van der Waals surface area contributed by atoms with E-state index in [-0.39, 0.29) is 0 Å². The second kappa shape index (κ2) is 29.4. The van der Waals surface area contributed by atoms with E-state index in [9.17, 15) is 0 Å². The Morgan fingerprint density at radius 2 is 0.420 bits per heavy atom. The van der Waals surface area contributed by atoms with Gasteiger partial charge in [0, 0.05) is 121 Å². The average Bonchev–Trinajstić information content (AvgIpc) is 1.53. The molecular weight excluding hydrogens is 1680 g/mol. The molecular formula is C126H74N12. The minimum atomic E-state index is 0.494. The fourth-order valence-electron chi connectivity index (χ4n) is 22.8. The maximum Gasteiger partial charge on any atom is 0.238 e. The second-order valence-corrected chi connectivity index (χ2v) is 36.4. The largest absolute Gasteiger partial charge is 0.309 e. The van der Waals surface area contributed by atoms with Gasteiger partial charge in [0.1, 0.15) is 0 Å². The zero-order chi connectivity index (χ0) is 90.1. The lowest BCUT2D eigenvalue weighted by Crippen LogP contribution is -2.06. The smallest absolute Gasteiger partial charge is 0.238 e. The van der Waals surface area contributed by atoms with Gasteiger partial charge in [0.25, 0.3) is 0 Å². The molecule has 0 unspecified atom stereocenters. The van der Waals surface area contributed by atoms with Gasteiger partial charge in [-0.1, -0.05) is 334 Å². The van der Waals surface area contributed by atoms with Crippen molar-refractivity contribution in [2.24, 2.45) is 0 Å². The first-order valence-electron chi connectivity index (χ1n) is 47.0. The fourth-order valence-corrected chi connectivity index (χ4v) is 22.8. The lowest BCUT2D eigenvalue weighted by molar-refractivity contribution is 0.953. The van der Waals surface area contributed by atoms with Gasteiger partial charge >= 0.3 is 0 Å². The Morgan fingerprint density at radius 1 is 0.130 bits per heavy atom. The third kappa shape index (κ3) is 11.2.